The van der Waals surface area contributed by atoms with E-state index in [9.17, 15) is 0 Å². The van der Waals surface area contributed by atoms with Crippen molar-refractivity contribution < 1.29 is 10.0 Å². The molecule has 5 heteroatoms. The quantitative estimate of drug-likeness (QED) is 0.703. The Balaban J connectivity index is 2.47. The molecule has 4 nitrogen and oxygen atoms in total. The molecule has 0 saturated heterocycles. The highest BCUT2D eigenvalue weighted by molar-refractivity contribution is 6.58. The van der Waals surface area contributed by atoms with Gasteiger partial charge in [0.15, 0.2) is 0 Å². The first kappa shape index (κ1) is 10.9. The van der Waals surface area contributed by atoms with E-state index in [4.69, 9.17) is 10.0 Å². The molecular weight excluding hydrogens is 203 g/mol. The molecule has 0 unspecified atom stereocenters. The van der Waals surface area contributed by atoms with E-state index >= 15 is 0 Å². The van der Waals surface area contributed by atoms with E-state index < -0.39 is 7.12 Å². The SMILES string of the molecule is Cc1cccc(-n2cc(B(O)O)cn2)c1C. The highest BCUT2D eigenvalue weighted by Crippen LogP contribution is 2.15. The van der Waals surface area contributed by atoms with Crippen LogP contribution in [-0.4, -0.2) is 26.9 Å². The molecule has 1 aromatic carbocycles. The molecule has 1 heterocycles. The predicted molar refractivity (Wildman–Crippen MR) is 62.9 cm³/mol. The Labute approximate surface area is 94.3 Å². The van der Waals surface area contributed by atoms with Gasteiger partial charge in [-0.15, -0.1) is 0 Å². The number of benzene rings is 1. The molecule has 0 amide bonds. The lowest BCUT2D eigenvalue weighted by atomic mass is 9.83. The van der Waals surface area contributed by atoms with E-state index in [2.05, 4.69) is 5.10 Å². The molecule has 0 spiro atoms. The van der Waals surface area contributed by atoms with Gasteiger partial charge in [-0.3, -0.25) is 0 Å². The molecule has 16 heavy (non-hydrogen) atoms. The fraction of sp³-hybridized carbons (Fsp3) is 0.182. The third-order valence-corrected chi connectivity index (χ3v) is 2.72. The molecule has 0 aliphatic heterocycles. The molecular formula is C11H13BN2O2. The molecule has 2 N–H and O–H groups in total. The summed E-state index contributed by atoms with van der Waals surface area (Å²) in [6.45, 7) is 4.05. The number of aromatic nitrogens is 2. The molecule has 2 rings (SSSR count). The zero-order valence-corrected chi connectivity index (χ0v) is 9.25. The van der Waals surface area contributed by atoms with Crippen LogP contribution in [-0.2, 0) is 0 Å². The second kappa shape index (κ2) is 4.12. The van der Waals surface area contributed by atoms with Gasteiger partial charge < -0.3 is 10.0 Å². The van der Waals surface area contributed by atoms with Crippen molar-refractivity contribution in [1.29, 1.82) is 0 Å². The van der Waals surface area contributed by atoms with Crippen LogP contribution in [0, 0.1) is 13.8 Å². The predicted octanol–water partition coefficient (Wildman–Crippen LogP) is 0.169. The summed E-state index contributed by atoms with van der Waals surface area (Å²) in [7, 11) is -1.47. The normalized spacial score (nSPS) is 10.5. The van der Waals surface area contributed by atoms with Gasteiger partial charge in [-0.2, -0.15) is 5.10 Å². The van der Waals surface area contributed by atoms with Gasteiger partial charge in [0.2, 0.25) is 0 Å². The Kier molecular flexibility index (Phi) is 2.81. The van der Waals surface area contributed by atoms with Crippen molar-refractivity contribution >= 4 is 12.6 Å². The van der Waals surface area contributed by atoms with Crippen LogP contribution in [0.2, 0.25) is 0 Å². The zero-order chi connectivity index (χ0) is 11.7. The van der Waals surface area contributed by atoms with Crippen LogP contribution in [0.25, 0.3) is 5.69 Å². The lowest BCUT2D eigenvalue weighted by Crippen LogP contribution is -2.28. The number of hydrogen-bond acceptors (Lipinski definition) is 3. The van der Waals surface area contributed by atoms with Crippen LogP contribution in [0.15, 0.2) is 30.6 Å². The average Bonchev–Trinajstić information content (AvgIpc) is 2.71. The summed E-state index contributed by atoms with van der Waals surface area (Å²) >= 11 is 0. The van der Waals surface area contributed by atoms with E-state index in [0.717, 1.165) is 11.3 Å². The first-order chi connectivity index (χ1) is 7.59. The summed E-state index contributed by atoms with van der Waals surface area (Å²) in [6.07, 6.45) is 3.07. The van der Waals surface area contributed by atoms with Crippen molar-refractivity contribution in [3.63, 3.8) is 0 Å². The maximum Gasteiger partial charge on any atom is 0.491 e. The number of nitrogens with zero attached hydrogens (tertiary/aromatic N) is 2. The van der Waals surface area contributed by atoms with Crippen molar-refractivity contribution in [2.45, 2.75) is 13.8 Å². The number of aryl methyl sites for hydroxylation is 1. The third-order valence-electron chi connectivity index (χ3n) is 2.72. The molecule has 82 valence electrons. The Hall–Kier alpha value is -1.59. The number of hydrogen-bond donors (Lipinski definition) is 2. The highest BCUT2D eigenvalue weighted by Gasteiger charge is 2.14. The summed E-state index contributed by atoms with van der Waals surface area (Å²) in [5.74, 6) is 0. The zero-order valence-electron chi connectivity index (χ0n) is 9.25. The largest absolute Gasteiger partial charge is 0.491 e. The van der Waals surface area contributed by atoms with Crippen molar-refractivity contribution in [1.82, 2.24) is 9.78 Å². The standard InChI is InChI=1S/C11H13BN2O2/c1-8-4-3-5-11(9(8)2)14-7-10(6-13-14)12(15)16/h3-7,15-16H,1-2H3. The fourth-order valence-electron chi connectivity index (χ4n) is 1.59. The van der Waals surface area contributed by atoms with Gasteiger partial charge in [-0.25, -0.2) is 4.68 Å². The van der Waals surface area contributed by atoms with Crippen LogP contribution in [0.5, 0.6) is 0 Å². The molecule has 0 atom stereocenters. The minimum atomic E-state index is -1.47. The molecule has 1 aromatic heterocycles. The van der Waals surface area contributed by atoms with E-state index in [1.54, 1.807) is 10.9 Å². The summed E-state index contributed by atoms with van der Waals surface area (Å²) in [4.78, 5) is 0. The Bertz CT molecular complexity index is 508. The van der Waals surface area contributed by atoms with Gasteiger partial charge in [-0.05, 0) is 31.0 Å². The van der Waals surface area contributed by atoms with Crippen molar-refractivity contribution in [3.05, 3.63) is 41.7 Å². The van der Waals surface area contributed by atoms with Crippen LogP contribution in [0.4, 0.5) is 0 Å². The Morgan fingerprint density at radius 2 is 2.00 bits per heavy atom. The van der Waals surface area contributed by atoms with Gasteiger partial charge in [0.1, 0.15) is 0 Å². The van der Waals surface area contributed by atoms with Crippen LogP contribution >= 0.6 is 0 Å². The molecule has 0 fully saturated rings. The summed E-state index contributed by atoms with van der Waals surface area (Å²) in [5.41, 5.74) is 3.65. The second-order valence-corrected chi connectivity index (χ2v) is 3.81. The molecule has 0 saturated carbocycles. The minimum absolute atomic E-state index is 0.390. The molecule has 0 aliphatic rings. The van der Waals surface area contributed by atoms with Gasteiger partial charge >= 0.3 is 7.12 Å². The van der Waals surface area contributed by atoms with Crippen molar-refractivity contribution in [2.24, 2.45) is 0 Å². The number of rotatable bonds is 2. The lowest BCUT2D eigenvalue weighted by molar-refractivity contribution is 0.426. The van der Waals surface area contributed by atoms with E-state index in [0.29, 0.717) is 5.46 Å². The van der Waals surface area contributed by atoms with Crippen LogP contribution in [0.1, 0.15) is 11.1 Å². The van der Waals surface area contributed by atoms with Gasteiger partial charge in [0.25, 0.3) is 0 Å². The minimum Gasteiger partial charge on any atom is -0.423 e. The molecule has 2 aromatic rings. The van der Waals surface area contributed by atoms with Crippen molar-refractivity contribution in [2.75, 3.05) is 0 Å². The van der Waals surface area contributed by atoms with Crippen molar-refractivity contribution in [3.8, 4) is 5.69 Å². The van der Waals surface area contributed by atoms with Gasteiger partial charge in [0.05, 0.1) is 5.69 Å². The Morgan fingerprint density at radius 3 is 2.62 bits per heavy atom. The lowest BCUT2D eigenvalue weighted by Gasteiger charge is -2.07. The molecule has 0 bridgehead atoms. The Morgan fingerprint density at radius 1 is 1.25 bits per heavy atom. The maximum atomic E-state index is 9.01. The topological polar surface area (TPSA) is 58.3 Å². The fourth-order valence-corrected chi connectivity index (χ4v) is 1.59. The first-order valence-electron chi connectivity index (χ1n) is 5.07. The summed E-state index contributed by atoms with van der Waals surface area (Å²) < 4.78 is 1.65. The monoisotopic (exact) mass is 216 g/mol. The molecule has 0 aliphatic carbocycles. The van der Waals surface area contributed by atoms with Crippen LogP contribution in [0.3, 0.4) is 0 Å². The van der Waals surface area contributed by atoms with Gasteiger partial charge in [-0.1, -0.05) is 12.1 Å². The third kappa shape index (κ3) is 1.87. The van der Waals surface area contributed by atoms with E-state index in [-0.39, 0.29) is 0 Å². The van der Waals surface area contributed by atoms with E-state index in [1.165, 1.54) is 11.8 Å². The maximum absolute atomic E-state index is 9.01. The van der Waals surface area contributed by atoms with Crippen LogP contribution < -0.4 is 5.46 Å². The smallest absolute Gasteiger partial charge is 0.423 e. The second-order valence-electron chi connectivity index (χ2n) is 3.81. The summed E-state index contributed by atoms with van der Waals surface area (Å²) in [5, 5.41) is 22.1. The first-order valence-corrected chi connectivity index (χ1v) is 5.07. The highest BCUT2D eigenvalue weighted by atomic mass is 16.4. The summed E-state index contributed by atoms with van der Waals surface area (Å²) in [6, 6.07) is 5.93. The average molecular weight is 216 g/mol. The molecule has 0 radical (unpaired) electrons. The van der Waals surface area contributed by atoms with E-state index in [1.807, 2.05) is 32.0 Å². The van der Waals surface area contributed by atoms with Gasteiger partial charge in [0, 0.05) is 17.9 Å².